The Morgan fingerprint density at radius 1 is 1.53 bits per heavy atom. The first-order valence-electron chi connectivity index (χ1n) is 3.83. The topological polar surface area (TPSA) is 98.8 Å². The molecule has 1 atom stereocenters. The number of alkyl halides is 1. The number of rotatable bonds is 4. The van der Waals surface area contributed by atoms with Crippen molar-refractivity contribution in [2.24, 2.45) is 5.73 Å². The largest absolute Gasteiger partial charge is 0.292 e. The van der Waals surface area contributed by atoms with Crippen molar-refractivity contribution in [3.63, 3.8) is 0 Å². The van der Waals surface area contributed by atoms with E-state index in [2.05, 4.69) is 21.5 Å². The van der Waals surface area contributed by atoms with E-state index in [9.17, 15) is 12.8 Å². The number of hydrogen-bond donors (Lipinski definition) is 1. The Morgan fingerprint density at radius 2 is 2.07 bits per heavy atom. The fourth-order valence-corrected chi connectivity index (χ4v) is 1.70. The van der Waals surface area contributed by atoms with Crippen molar-refractivity contribution in [3.05, 3.63) is 30.5 Å². The van der Waals surface area contributed by atoms with Crippen LogP contribution in [0.3, 0.4) is 0 Å². The molecule has 0 aliphatic carbocycles. The van der Waals surface area contributed by atoms with Gasteiger partial charge in [-0.15, -0.1) is 0 Å². The van der Waals surface area contributed by atoms with Crippen molar-refractivity contribution in [3.8, 4) is 0 Å². The van der Waals surface area contributed by atoms with Crippen LogP contribution >= 0.6 is 0 Å². The normalized spacial score (nSPS) is 15.6. The van der Waals surface area contributed by atoms with Crippen molar-refractivity contribution in [2.75, 3.05) is 5.75 Å². The van der Waals surface area contributed by atoms with Crippen LogP contribution in [0.1, 0.15) is 5.82 Å². The minimum Gasteiger partial charge on any atom is -0.292 e. The molecule has 1 rings (SSSR count). The van der Waals surface area contributed by atoms with E-state index in [4.69, 9.17) is 5.73 Å². The van der Waals surface area contributed by atoms with Crippen LogP contribution in [0.15, 0.2) is 24.6 Å². The van der Waals surface area contributed by atoms with Gasteiger partial charge in [0, 0.05) is 5.41 Å². The Hall–Kier alpha value is -1.41. The lowest BCUT2D eigenvalue weighted by molar-refractivity contribution is 0.192. The molecule has 8 heteroatoms. The van der Waals surface area contributed by atoms with Crippen molar-refractivity contribution in [1.82, 2.24) is 15.0 Å². The molecule has 1 aromatic heterocycles. The average Bonchev–Trinajstić information content (AvgIpc) is 2.18. The van der Waals surface area contributed by atoms with E-state index in [1.165, 1.54) is 0 Å². The van der Waals surface area contributed by atoms with Gasteiger partial charge >= 0.3 is 0 Å². The number of hydrogen-bond acceptors (Lipinski definition) is 6. The van der Waals surface area contributed by atoms with Crippen molar-refractivity contribution < 1.29 is 12.8 Å². The average molecular weight is 232 g/mol. The first-order chi connectivity index (χ1) is 6.87. The van der Waals surface area contributed by atoms with E-state index in [-0.39, 0.29) is 0 Å². The number of sulfone groups is 1. The van der Waals surface area contributed by atoms with Crippen LogP contribution in [-0.2, 0) is 15.6 Å². The minimum atomic E-state index is -3.76. The first-order valence-corrected chi connectivity index (χ1v) is 5.54. The first kappa shape index (κ1) is 11.7. The highest BCUT2D eigenvalue weighted by Gasteiger charge is 2.35. The summed E-state index contributed by atoms with van der Waals surface area (Å²) in [6.45, 7) is 3.05. The summed E-state index contributed by atoms with van der Waals surface area (Å²) in [7, 11) is -3.76. The number of halogens is 1. The van der Waals surface area contributed by atoms with Crippen LogP contribution in [0.5, 0.6) is 0 Å². The van der Waals surface area contributed by atoms with E-state index < -0.39 is 27.2 Å². The summed E-state index contributed by atoms with van der Waals surface area (Å²) >= 11 is 0. The highest BCUT2D eigenvalue weighted by Crippen LogP contribution is 2.17. The number of aromatic nitrogens is 3. The zero-order valence-corrected chi connectivity index (χ0v) is 8.48. The predicted molar refractivity (Wildman–Crippen MR) is 50.8 cm³/mol. The molecule has 0 radical (unpaired) electrons. The second-order valence-electron chi connectivity index (χ2n) is 2.80. The van der Waals surface area contributed by atoms with E-state index in [1.54, 1.807) is 0 Å². The van der Waals surface area contributed by atoms with Crippen LogP contribution in [0.4, 0.5) is 4.39 Å². The second-order valence-corrected chi connectivity index (χ2v) is 4.75. The Kier molecular flexibility index (Phi) is 3.10. The van der Waals surface area contributed by atoms with Crippen LogP contribution < -0.4 is 5.73 Å². The van der Waals surface area contributed by atoms with Gasteiger partial charge in [-0.2, -0.15) is 0 Å². The summed E-state index contributed by atoms with van der Waals surface area (Å²) in [5, 5.41) is 0.634. The van der Waals surface area contributed by atoms with Gasteiger partial charge in [-0.05, 0) is 0 Å². The molecule has 1 heterocycles. The van der Waals surface area contributed by atoms with E-state index >= 15 is 0 Å². The van der Waals surface area contributed by atoms with Crippen LogP contribution in [0.2, 0.25) is 0 Å². The highest BCUT2D eigenvalue weighted by molar-refractivity contribution is 7.94. The maximum atomic E-state index is 13.7. The minimum absolute atomic E-state index is 0.428. The molecule has 1 unspecified atom stereocenters. The van der Waals surface area contributed by atoms with Crippen LogP contribution in [0, 0.1) is 0 Å². The lowest BCUT2D eigenvalue weighted by Gasteiger charge is -2.16. The summed E-state index contributed by atoms with van der Waals surface area (Å²) in [6, 6.07) is 0. The molecule has 0 saturated heterocycles. The van der Waals surface area contributed by atoms with Gasteiger partial charge in [0.1, 0.15) is 18.4 Å². The van der Waals surface area contributed by atoms with Gasteiger partial charge in [0.05, 0.1) is 0 Å². The SMILES string of the molecule is C=CS(=O)(=O)CC(N)(F)c1ncncn1. The number of nitrogens with zero attached hydrogens (tertiary/aromatic N) is 3. The van der Waals surface area contributed by atoms with Gasteiger partial charge in [-0.1, -0.05) is 6.58 Å². The van der Waals surface area contributed by atoms with Gasteiger partial charge in [-0.3, -0.25) is 5.73 Å². The predicted octanol–water partition coefficient (Wildman–Crippen LogP) is -0.489. The molecular weight excluding hydrogens is 223 g/mol. The molecule has 0 fully saturated rings. The molecule has 82 valence electrons. The van der Waals surface area contributed by atoms with Gasteiger partial charge in [0.25, 0.3) is 0 Å². The highest BCUT2D eigenvalue weighted by atomic mass is 32.2. The van der Waals surface area contributed by atoms with Crippen LogP contribution in [0.25, 0.3) is 0 Å². The van der Waals surface area contributed by atoms with E-state index in [0.717, 1.165) is 12.7 Å². The van der Waals surface area contributed by atoms with E-state index in [0.29, 0.717) is 5.41 Å². The maximum Gasteiger partial charge on any atom is 0.233 e. The summed E-state index contributed by atoms with van der Waals surface area (Å²) < 4.78 is 35.9. The zero-order chi connectivity index (χ0) is 11.5. The fraction of sp³-hybridized carbons (Fsp3) is 0.286. The Morgan fingerprint density at radius 3 is 2.53 bits per heavy atom. The third-order valence-corrected chi connectivity index (χ3v) is 2.86. The van der Waals surface area contributed by atoms with Crippen molar-refractivity contribution in [2.45, 2.75) is 5.79 Å². The Labute approximate surface area is 86.0 Å². The fourth-order valence-electron chi connectivity index (χ4n) is 0.870. The molecular formula is C7H9FN4O2S. The zero-order valence-electron chi connectivity index (χ0n) is 7.67. The molecule has 0 bridgehead atoms. The maximum absolute atomic E-state index is 13.7. The van der Waals surface area contributed by atoms with Gasteiger partial charge in [0.2, 0.25) is 5.79 Å². The summed E-state index contributed by atoms with van der Waals surface area (Å²) in [5.41, 5.74) is 5.15. The molecule has 0 aromatic carbocycles. The quantitative estimate of drug-likeness (QED) is 0.703. The molecule has 2 N–H and O–H groups in total. The Bertz CT molecular complexity index is 445. The summed E-state index contributed by atoms with van der Waals surface area (Å²) in [6.07, 6.45) is 2.06. The molecule has 6 nitrogen and oxygen atoms in total. The van der Waals surface area contributed by atoms with Crippen LogP contribution in [-0.4, -0.2) is 29.1 Å². The standard InChI is InChI=1S/C7H9FN4O2S/c1-2-15(13,14)3-7(8,9)6-11-4-10-5-12-6/h2,4-5H,1,3,9H2. The van der Waals surface area contributed by atoms with Crippen molar-refractivity contribution in [1.29, 1.82) is 0 Å². The molecule has 15 heavy (non-hydrogen) atoms. The smallest absolute Gasteiger partial charge is 0.233 e. The number of nitrogens with two attached hydrogens (primary N) is 1. The molecule has 1 aromatic rings. The Balaban J connectivity index is 3.00. The van der Waals surface area contributed by atoms with Gasteiger partial charge in [0.15, 0.2) is 15.7 Å². The lowest BCUT2D eigenvalue weighted by Crippen LogP contribution is -2.40. The molecule has 0 amide bonds. The van der Waals surface area contributed by atoms with E-state index in [1.807, 2.05) is 0 Å². The molecule has 0 saturated carbocycles. The van der Waals surface area contributed by atoms with Crippen molar-refractivity contribution >= 4 is 9.84 Å². The third kappa shape index (κ3) is 3.03. The third-order valence-electron chi connectivity index (χ3n) is 1.53. The monoisotopic (exact) mass is 232 g/mol. The molecule has 0 aliphatic rings. The van der Waals surface area contributed by atoms with Gasteiger partial charge in [-0.25, -0.2) is 27.8 Å². The second kappa shape index (κ2) is 3.99. The molecule has 0 aliphatic heterocycles. The van der Waals surface area contributed by atoms with Gasteiger partial charge < -0.3 is 0 Å². The molecule has 0 spiro atoms. The summed E-state index contributed by atoms with van der Waals surface area (Å²) in [5.74, 6) is -4.02. The lowest BCUT2D eigenvalue weighted by atomic mass is 10.3. The summed E-state index contributed by atoms with van der Waals surface area (Å²) in [4.78, 5) is 10.4.